The third-order valence-corrected chi connectivity index (χ3v) is 4.56. The molecule has 0 radical (unpaired) electrons. The van der Waals surface area contributed by atoms with Gasteiger partial charge in [-0.25, -0.2) is 9.67 Å². The quantitative estimate of drug-likeness (QED) is 0.799. The van der Waals surface area contributed by atoms with Crippen molar-refractivity contribution in [2.24, 2.45) is 0 Å². The van der Waals surface area contributed by atoms with E-state index in [1.165, 1.54) is 5.56 Å². The van der Waals surface area contributed by atoms with Crippen LogP contribution in [0.25, 0.3) is 11.0 Å². The van der Waals surface area contributed by atoms with Crippen molar-refractivity contribution < 1.29 is 0 Å². The van der Waals surface area contributed by atoms with Crippen LogP contribution < -0.4 is 10.9 Å². The molecule has 0 amide bonds. The highest BCUT2D eigenvalue weighted by atomic mass is 16.1. The summed E-state index contributed by atoms with van der Waals surface area (Å²) < 4.78 is 3.62. The minimum Gasteiger partial charge on any atom is -0.305 e. The van der Waals surface area contributed by atoms with Crippen LogP contribution in [0.4, 0.5) is 0 Å². The fraction of sp³-hybridized carbons (Fsp3) is 0.389. The van der Waals surface area contributed by atoms with Gasteiger partial charge in [0, 0.05) is 18.6 Å². The van der Waals surface area contributed by atoms with Gasteiger partial charge >= 0.3 is 0 Å². The number of rotatable bonds is 3. The van der Waals surface area contributed by atoms with Gasteiger partial charge in [0.05, 0.1) is 12.7 Å². The number of fused-ring (bicyclic) bond motifs is 2. The molecule has 6 heteroatoms. The molecule has 1 N–H and O–H groups in total. The predicted octanol–water partition coefficient (Wildman–Crippen LogP) is 1.89. The molecule has 6 nitrogen and oxygen atoms in total. The zero-order valence-corrected chi connectivity index (χ0v) is 13.9. The lowest BCUT2D eigenvalue weighted by molar-refractivity contribution is 0.372. The van der Waals surface area contributed by atoms with Crippen LogP contribution in [0.5, 0.6) is 0 Å². The molecule has 3 aromatic rings. The Kier molecular flexibility index (Phi) is 3.69. The van der Waals surface area contributed by atoms with Crippen molar-refractivity contribution in [3.05, 3.63) is 58.3 Å². The molecule has 0 spiro atoms. The Morgan fingerprint density at radius 2 is 2.08 bits per heavy atom. The molecular formula is C18H21N5O. The average molecular weight is 323 g/mol. The maximum absolute atomic E-state index is 12.8. The lowest BCUT2D eigenvalue weighted by atomic mass is 10.0. The van der Waals surface area contributed by atoms with E-state index < -0.39 is 0 Å². The van der Waals surface area contributed by atoms with Crippen LogP contribution in [-0.4, -0.2) is 25.4 Å². The van der Waals surface area contributed by atoms with Gasteiger partial charge in [-0.15, -0.1) is 0 Å². The van der Waals surface area contributed by atoms with E-state index >= 15 is 0 Å². The van der Waals surface area contributed by atoms with E-state index in [0.717, 1.165) is 12.2 Å². The van der Waals surface area contributed by atoms with Gasteiger partial charge in [0.15, 0.2) is 5.65 Å². The predicted molar refractivity (Wildman–Crippen MR) is 92.9 cm³/mol. The summed E-state index contributed by atoms with van der Waals surface area (Å²) in [6.07, 6.45) is 2.54. The monoisotopic (exact) mass is 323 g/mol. The molecule has 3 heterocycles. The smallest absolute Gasteiger partial charge is 0.264 e. The highest BCUT2D eigenvalue weighted by molar-refractivity contribution is 5.73. The zero-order chi connectivity index (χ0) is 16.7. The van der Waals surface area contributed by atoms with Crippen LogP contribution in [0.15, 0.2) is 41.3 Å². The molecule has 0 fully saturated rings. The summed E-state index contributed by atoms with van der Waals surface area (Å²) in [5.41, 5.74) is 1.97. The highest BCUT2D eigenvalue weighted by Gasteiger charge is 2.23. The van der Waals surface area contributed by atoms with Gasteiger partial charge in [-0.1, -0.05) is 30.3 Å². The van der Waals surface area contributed by atoms with Gasteiger partial charge in [-0.3, -0.25) is 9.36 Å². The van der Waals surface area contributed by atoms with Crippen molar-refractivity contribution in [2.45, 2.75) is 45.4 Å². The molecule has 1 aromatic carbocycles. The first-order valence-electron chi connectivity index (χ1n) is 8.37. The van der Waals surface area contributed by atoms with Crippen LogP contribution in [0.3, 0.4) is 0 Å². The molecule has 2 aromatic heterocycles. The zero-order valence-electron chi connectivity index (χ0n) is 13.9. The number of benzene rings is 1. The van der Waals surface area contributed by atoms with Gasteiger partial charge in [-0.05, 0) is 25.8 Å². The van der Waals surface area contributed by atoms with Crippen molar-refractivity contribution >= 4 is 11.0 Å². The Labute approximate surface area is 140 Å². The summed E-state index contributed by atoms with van der Waals surface area (Å²) >= 11 is 0. The van der Waals surface area contributed by atoms with E-state index in [2.05, 4.69) is 22.5 Å². The minimum atomic E-state index is 0.0152. The first-order valence-corrected chi connectivity index (χ1v) is 8.37. The molecule has 0 aliphatic carbocycles. The van der Waals surface area contributed by atoms with E-state index in [-0.39, 0.29) is 17.6 Å². The molecule has 1 aliphatic heterocycles. The molecule has 1 unspecified atom stereocenters. The van der Waals surface area contributed by atoms with Crippen molar-refractivity contribution in [1.82, 2.24) is 24.6 Å². The molecule has 0 saturated carbocycles. The number of nitrogens with one attached hydrogen (secondary N) is 1. The normalized spacial score (nSPS) is 17.4. The van der Waals surface area contributed by atoms with E-state index in [4.69, 9.17) is 4.98 Å². The molecule has 124 valence electrons. The van der Waals surface area contributed by atoms with Crippen LogP contribution in [0.2, 0.25) is 0 Å². The molecule has 0 saturated heterocycles. The molecule has 0 bridgehead atoms. The Hall–Kier alpha value is -2.47. The van der Waals surface area contributed by atoms with Crippen LogP contribution in [0.1, 0.15) is 31.3 Å². The van der Waals surface area contributed by atoms with Crippen molar-refractivity contribution in [3.63, 3.8) is 0 Å². The Morgan fingerprint density at radius 3 is 2.83 bits per heavy atom. The molecule has 24 heavy (non-hydrogen) atoms. The van der Waals surface area contributed by atoms with Crippen molar-refractivity contribution in [2.75, 3.05) is 0 Å². The fourth-order valence-corrected chi connectivity index (χ4v) is 3.32. The summed E-state index contributed by atoms with van der Waals surface area (Å²) in [6, 6.07) is 10.8. The Balaban J connectivity index is 1.69. The van der Waals surface area contributed by atoms with Crippen LogP contribution in [-0.2, 0) is 19.5 Å². The first-order chi connectivity index (χ1) is 11.6. The number of aromatic nitrogens is 4. The van der Waals surface area contributed by atoms with Crippen LogP contribution >= 0.6 is 0 Å². The van der Waals surface area contributed by atoms with Gasteiger partial charge in [-0.2, -0.15) is 5.10 Å². The maximum atomic E-state index is 12.8. The SMILES string of the molecule is CC(C)n1ncc2c(=O)n3c(nc21)CNC(Cc1ccccc1)C3. The minimum absolute atomic E-state index is 0.0152. The summed E-state index contributed by atoms with van der Waals surface area (Å²) in [5, 5.41) is 8.44. The standard InChI is InChI=1S/C18H21N5O/c1-12(2)23-17-15(9-20-23)18(24)22-11-14(19-10-16(22)21-17)8-13-6-4-3-5-7-13/h3-7,9,12,14,19H,8,10-11H2,1-2H3. The van der Waals surface area contributed by atoms with Crippen molar-refractivity contribution in [1.29, 1.82) is 0 Å². The summed E-state index contributed by atoms with van der Waals surface area (Å²) in [5.74, 6) is 0.791. The summed E-state index contributed by atoms with van der Waals surface area (Å²) in [7, 11) is 0. The van der Waals surface area contributed by atoms with E-state index in [9.17, 15) is 4.79 Å². The van der Waals surface area contributed by atoms with Gasteiger partial charge < -0.3 is 5.32 Å². The third kappa shape index (κ3) is 2.53. The van der Waals surface area contributed by atoms with E-state index in [1.807, 2.05) is 36.7 Å². The second kappa shape index (κ2) is 5.87. The average Bonchev–Trinajstić information content (AvgIpc) is 3.01. The molecular weight excluding hydrogens is 302 g/mol. The van der Waals surface area contributed by atoms with Gasteiger partial charge in [0.2, 0.25) is 0 Å². The number of hydrogen-bond donors (Lipinski definition) is 1. The van der Waals surface area contributed by atoms with E-state index in [1.54, 1.807) is 10.8 Å². The van der Waals surface area contributed by atoms with Gasteiger partial charge in [0.25, 0.3) is 5.56 Å². The highest BCUT2D eigenvalue weighted by Crippen LogP contribution is 2.16. The maximum Gasteiger partial charge on any atom is 0.264 e. The second-order valence-electron chi connectivity index (χ2n) is 6.63. The number of nitrogens with zero attached hydrogens (tertiary/aromatic N) is 4. The molecule has 1 atom stereocenters. The van der Waals surface area contributed by atoms with Crippen molar-refractivity contribution in [3.8, 4) is 0 Å². The van der Waals surface area contributed by atoms with E-state index in [0.29, 0.717) is 24.1 Å². The largest absolute Gasteiger partial charge is 0.305 e. The van der Waals surface area contributed by atoms with Crippen LogP contribution in [0, 0.1) is 0 Å². The molecule has 1 aliphatic rings. The Morgan fingerprint density at radius 1 is 1.29 bits per heavy atom. The summed E-state index contributed by atoms with van der Waals surface area (Å²) in [4.78, 5) is 17.5. The fourth-order valence-electron chi connectivity index (χ4n) is 3.32. The second-order valence-corrected chi connectivity index (χ2v) is 6.63. The lowest BCUT2D eigenvalue weighted by Crippen LogP contribution is -2.45. The first kappa shape index (κ1) is 15.1. The topological polar surface area (TPSA) is 64.7 Å². The Bertz CT molecular complexity index is 926. The lowest BCUT2D eigenvalue weighted by Gasteiger charge is -2.27. The molecule has 4 rings (SSSR count). The van der Waals surface area contributed by atoms with Gasteiger partial charge in [0.1, 0.15) is 11.2 Å². The third-order valence-electron chi connectivity index (χ3n) is 4.56. The number of hydrogen-bond acceptors (Lipinski definition) is 4. The summed E-state index contributed by atoms with van der Waals surface area (Å²) in [6.45, 7) is 5.32.